The first-order chi connectivity index (χ1) is 6.15. The molecule has 1 N–H and O–H groups in total. The SMILES string of the molecule is CCC1CCCC1C=C(F)C(=O)O. The Kier molecular flexibility index (Phi) is 3.46. The third kappa shape index (κ3) is 2.54. The van der Waals surface area contributed by atoms with Crippen molar-refractivity contribution in [2.24, 2.45) is 11.8 Å². The Labute approximate surface area is 77.4 Å². The minimum atomic E-state index is -1.44. The summed E-state index contributed by atoms with van der Waals surface area (Å²) < 4.78 is 12.7. The Bertz CT molecular complexity index is 223. The summed E-state index contributed by atoms with van der Waals surface area (Å²) in [7, 11) is 0. The van der Waals surface area contributed by atoms with E-state index >= 15 is 0 Å². The Hall–Kier alpha value is -0.860. The minimum absolute atomic E-state index is 0.140. The van der Waals surface area contributed by atoms with Crippen molar-refractivity contribution < 1.29 is 14.3 Å². The van der Waals surface area contributed by atoms with Crippen LogP contribution in [0.2, 0.25) is 0 Å². The molecule has 3 heteroatoms. The van der Waals surface area contributed by atoms with Crippen LogP contribution < -0.4 is 0 Å². The Balaban J connectivity index is 2.61. The van der Waals surface area contributed by atoms with Crippen LogP contribution in [0.4, 0.5) is 4.39 Å². The third-order valence-electron chi connectivity index (χ3n) is 2.81. The molecular formula is C10H15FO2. The minimum Gasteiger partial charge on any atom is -0.476 e. The van der Waals surface area contributed by atoms with Gasteiger partial charge in [-0.3, -0.25) is 0 Å². The van der Waals surface area contributed by atoms with Crippen molar-refractivity contribution in [2.75, 3.05) is 0 Å². The molecular weight excluding hydrogens is 171 g/mol. The topological polar surface area (TPSA) is 37.3 Å². The fourth-order valence-electron chi connectivity index (χ4n) is 2.05. The van der Waals surface area contributed by atoms with E-state index in [2.05, 4.69) is 6.92 Å². The van der Waals surface area contributed by atoms with Crippen molar-refractivity contribution in [1.82, 2.24) is 0 Å². The molecule has 2 unspecified atom stereocenters. The van der Waals surface area contributed by atoms with Gasteiger partial charge in [-0.25, -0.2) is 4.79 Å². The van der Waals surface area contributed by atoms with Gasteiger partial charge in [0.1, 0.15) is 0 Å². The lowest BCUT2D eigenvalue weighted by molar-refractivity contribution is -0.134. The molecule has 1 aliphatic rings. The molecule has 0 aliphatic heterocycles. The molecule has 1 fully saturated rings. The predicted octanol–water partition coefficient (Wildman–Crippen LogP) is 2.75. The van der Waals surface area contributed by atoms with Crippen LogP contribution in [0.1, 0.15) is 32.6 Å². The molecule has 0 amide bonds. The van der Waals surface area contributed by atoms with E-state index in [1.54, 1.807) is 0 Å². The summed E-state index contributed by atoms with van der Waals surface area (Å²) >= 11 is 0. The van der Waals surface area contributed by atoms with Crippen LogP contribution in [0, 0.1) is 11.8 Å². The van der Waals surface area contributed by atoms with E-state index in [-0.39, 0.29) is 5.92 Å². The highest BCUT2D eigenvalue weighted by molar-refractivity contribution is 5.83. The van der Waals surface area contributed by atoms with Crippen molar-refractivity contribution in [1.29, 1.82) is 0 Å². The van der Waals surface area contributed by atoms with E-state index in [1.807, 2.05) is 0 Å². The van der Waals surface area contributed by atoms with Crippen LogP contribution in [-0.2, 0) is 4.79 Å². The average molecular weight is 186 g/mol. The number of carboxylic acids is 1. The molecule has 0 aromatic carbocycles. The molecule has 1 rings (SSSR count). The maximum absolute atomic E-state index is 12.7. The normalized spacial score (nSPS) is 29.2. The number of rotatable bonds is 3. The molecule has 0 aromatic heterocycles. The number of carbonyl (C=O) groups is 1. The number of aliphatic carboxylic acids is 1. The van der Waals surface area contributed by atoms with Crippen LogP contribution in [0.3, 0.4) is 0 Å². The largest absolute Gasteiger partial charge is 0.476 e. The van der Waals surface area contributed by atoms with Gasteiger partial charge in [0, 0.05) is 0 Å². The highest BCUT2D eigenvalue weighted by Crippen LogP contribution is 2.35. The van der Waals surface area contributed by atoms with Crippen LogP contribution in [0.5, 0.6) is 0 Å². The molecule has 2 nitrogen and oxygen atoms in total. The second-order valence-electron chi connectivity index (χ2n) is 3.58. The lowest BCUT2D eigenvalue weighted by Crippen LogP contribution is -2.06. The second kappa shape index (κ2) is 4.40. The van der Waals surface area contributed by atoms with E-state index < -0.39 is 11.8 Å². The highest BCUT2D eigenvalue weighted by atomic mass is 19.1. The third-order valence-corrected chi connectivity index (χ3v) is 2.81. The quantitative estimate of drug-likeness (QED) is 0.688. The van der Waals surface area contributed by atoms with Gasteiger partial charge in [0.2, 0.25) is 5.83 Å². The summed E-state index contributed by atoms with van der Waals surface area (Å²) in [6.45, 7) is 2.06. The average Bonchev–Trinajstić information content (AvgIpc) is 2.51. The number of hydrogen-bond donors (Lipinski definition) is 1. The molecule has 0 heterocycles. The van der Waals surface area contributed by atoms with Crippen molar-refractivity contribution in [2.45, 2.75) is 32.6 Å². The van der Waals surface area contributed by atoms with Gasteiger partial charge < -0.3 is 5.11 Å². The molecule has 1 aliphatic carbocycles. The van der Waals surface area contributed by atoms with Gasteiger partial charge in [0.25, 0.3) is 0 Å². The summed E-state index contributed by atoms with van der Waals surface area (Å²) in [5.41, 5.74) is 0. The van der Waals surface area contributed by atoms with Crippen molar-refractivity contribution in [3.05, 3.63) is 11.9 Å². The van der Waals surface area contributed by atoms with Gasteiger partial charge in [-0.15, -0.1) is 0 Å². The fraction of sp³-hybridized carbons (Fsp3) is 0.700. The maximum Gasteiger partial charge on any atom is 0.364 e. The van der Waals surface area contributed by atoms with Gasteiger partial charge in [-0.1, -0.05) is 19.8 Å². The van der Waals surface area contributed by atoms with E-state index in [0.717, 1.165) is 25.7 Å². The van der Waals surface area contributed by atoms with Gasteiger partial charge in [-0.05, 0) is 30.8 Å². The van der Waals surface area contributed by atoms with E-state index in [0.29, 0.717) is 5.92 Å². The van der Waals surface area contributed by atoms with Crippen molar-refractivity contribution >= 4 is 5.97 Å². The molecule has 2 atom stereocenters. The van der Waals surface area contributed by atoms with Crippen LogP contribution >= 0.6 is 0 Å². The molecule has 74 valence electrons. The molecule has 1 saturated carbocycles. The van der Waals surface area contributed by atoms with Gasteiger partial charge in [0.15, 0.2) is 0 Å². The predicted molar refractivity (Wildman–Crippen MR) is 47.9 cm³/mol. The van der Waals surface area contributed by atoms with Crippen molar-refractivity contribution in [3.8, 4) is 0 Å². The number of halogens is 1. The first-order valence-electron chi connectivity index (χ1n) is 4.75. The lowest BCUT2D eigenvalue weighted by atomic mass is 9.93. The highest BCUT2D eigenvalue weighted by Gasteiger charge is 2.25. The Morgan fingerprint density at radius 2 is 2.31 bits per heavy atom. The Morgan fingerprint density at radius 3 is 2.85 bits per heavy atom. The number of carboxylic acid groups (broad SMARTS) is 1. The lowest BCUT2D eigenvalue weighted by Gasteiger charge is -2.12. The molecule has 0 bridgehead atoms. The molecule has 0 spiro atoms. The van der Waals surface area contributed by atoms with Crippen LogP contribution in [0.25, 0.3) is 0 Å². The Morgan fingerprint density at radius 1 is 1.62 bits per heavy atom. The molecule has 0 saturated heterocycles. The van der Waals surface area contributed by atoms with Crippen LogP contribution in [0.15, 0.2) is 11.9 Å². The van der Waals surface area contributed by atoms with Gasteiger partial charge in [0.05, 0.1) is 0 Å². The second-order valence-corrected chi connectivity index (χ2v) is 3.58. The van der Waals surface area contributed by atoms with E-state index in [1.165, 1.54) is 6.08 Å². The van der Waals surface area contributed by atoms with Gasteiger partial charge >= 0.3 is 5.97 Å². The summed E-state index contributed by atoms with van der Waals surface area (Å²) in [5, 5.41) is 8.36. The fourth-order valence-corrected chi connectivity index (χ4v) is 2.05. The number of allylic oxidation sites excluding steroid dienone is 1. The first-order valence-corrected chi connectivity index (χ1v) is 4.75. The zero-order valence-electron chi connectivity index (χ0n) is 7.79. The number of hydrogen-bond acceptors (Lipinski definition) is 1. The summed E-state index contributed by atoms with van der Waals surface area (Å²) in [5.74, 6) is -1.82. The van der Waals surface area contributed by atoms with E-state index in [9.17, 15) is 9.18 Å². The summed E-state index contributed by atoms with van der Waals surface area (Å²) in [6.07, 6.45) is 5.41. The zero-order chi connectivity index (χ0) is 9.84. The molecule has 0 radical (unpaired) electrons. The zero-order valence-corrected chi connectivity index (χ0v) is 7.79. The standard InChI is InChI=1S/C10H15FO2/c1-2-7-4-3-5-8(7)6-9(11)10(12)13/h6-8H,2-5H2,1H3,(H,12,13). The summed E-state index contributed by atoms with van der Waals surface area (Å²) in [4.78, 5) is 10.2. The summed E-state index contributed by atoms with van der Waals surface area (Å²) in [6, 6.07) is 0. The van der Waals surface area contributed by atoms with Crippen LogP contribution in [-0.4, -0.2) is 11.1 Å². The van der Waals surface area contributed by atoms with E-state index in [4.69, 9.17) is 5.11 Å². The van der Waals surface area contributed by atoms with Gasteiger partial charge in [-0.2, -0.15) is 4.39 Å². The molecule has 13 heavy (non-hydrogen) atoms. The monoisotopic (exact) mass is 186 g/mol. The first kappa shape index (κ1) is 10.2. The molecule has 0 aromatic rings. The smallest absolute Gasteiger partial charge is 0.364 e. The van der Waals surface area contributed by atoms with Crippen molar-refractivity contribution in [3.63, 3.8) is 0 Å². The maximum atomic E-state index is 12.7.